The molecule has 2 rings (SSSR count). The monoisotopic (exact) mass is 275 g/mol. The molecule has 0 radical (unpaired) electrons. The van der Waals surface area contributed by atoms with Crippen molar-refractivity contribution in [3.8, 4) is 5.75 Å². The van der Waals surface area contributed by atoms with Gasteiger partial charge in [-0.1, -0.05) is 29.8 Å². The summed E-state index contributed by atoms with van der Waals surface area (Å²) in [6, 6.07) is 11.3. The highest BCUT2D eigenvalue weighted by Crippen LogP contribution is 2.23. The first-order valence-corrected chi connectivity index (χ1v) is 5.80. The SMILES string of the molecule is O=C(O)c1cc(N=Cc2ccccc2Cl)ccc1O. The van der Waals surface area contributed by atoms with Crippen LogP contribution in [0.3, 0.4) is 0 Å². The van der Waals surface area contributed by atoms with Gasteiger partial charge in [0.05, 0.1) is 5.69 Å². The van der Waals surface area contributed by atoms with Crippen LogP contribution in [0.4, 0.5) is 5.69 Å². The van der Waals surface area contributed by atoms with Gasteiger partial charge in [0.25, 0.3) is 0 Å². The summed E-state index contributed by atoms with van der Waals surface area (Å²) < 4.78 is 0. The van der Waals surface area contributed by atoms with Crippen molar-refractivity contribution in [3.05, 3.63) is 58.6 Å². The number of benzene rings is 2. The van der Waals surface area contributed by atoms with Crippen LogP contribution in [0.5, 0.6) is 5.75 Å². The van der Waals surface area contributed by atoms with E-state index >= 15 is 0 Å². The van der Waals surface area contributed by atoms with E-state index in [0.29, 0.717) is 10.7 Å². The highest BCUT2D eigenvalue weighted by Gasteiger charge is 2.09. The van der Waals surface area contributed by atoms with Crippen LogP contribution in [-0.2, 0) is 0 Å². The van der Waals surface area contributed by atoms with Crippen LogP contribution >= 0.6 is 11.6 Å². The predicted octanol–water partition coefficient (Wildman–Crippen LogP) is 3.49. The molecule has 4 nitrogen and oxygen atoms in total. The summed E-state index contributed by atoms with van der Waals surface area (Å²) in [5, 5.41) is 18.8. The van der Waals surface area contributed by atoms with Gasteiger partial charge in [-0.25, -0.2) is 4.79 Å². The van der Waals surface area contributed by atoms with Crippen LogP contribution in [0, 0.1) is 0 Å². The molecule has 0 aliphatic heterocycles. The second-order valence-corrected chi connectivity index (χ2v) is 4.19. The van der Waals surface area contributed by atoms with Gasteiger partial charge in [0, 0.05) is 16.8 Å². The quantitative estimate of drug-likeness (QED) is 0.842. The molecule has 2 aromatic rings. The zero-order chi connectivity index (χ0) is 13.8. The Hall–Kier alpha value is -2.33. The molecule has 19 heavy (non-hydrogen) atoms. The van der Waals surface area contributed by atoms with Crippen molar-refractivity contribution >= 4 is 29.5 Å². The first kappa shape index (κ1) is 13.1. The van der Waals surface area contributed by atoms with Gasteiger partial charge in [0.1, 0.15) is 11.3 Å². The summed E-state index contributed by atoms with van der Waals surface area (Å²) in [6.45, 7) is 0. The number of carboxylic acids is 1. The predicted molar refractivity (Wildman–Crippen MR) is 73.8 cm³/mol. The van der Waals surface area contributed by atoms with Gasteiger partial charge in [0.15, 0.2) is 0 Å². The summed E-state index contributed by atoms with van der Waals surface area (Å²) in [5.74, 6) is -1.49. The third kappa shape index (κ3) is 3.11. The lowest BCUT2D eigenvalue weighted by Crippen LogP contribution is -1.95. The second kappa shape index (κ2) is 5.54. The molecule has 0 aliphatic carbocycles. The van der Waals surface area contributed by atoms with Gasteiger partial charge in [-0.3, -0.25) is 4.99 Å². The van der Waals surface area contributed by atoms with E-state index in [1.165, 1.54) is 18.2 Å². The van der Waals surface area contributed by atoms with Crippen LogP contribution in [0.25, 0.3) is 0 Å². The summed E-state index contributed by atoms with van der Waals surface area (Å²) in [6.07, 6.45) is 1.54. The summed E-state index contributed by atoms with van der Waals surface area (Å²) in [7, 11) is 0. The zero-order valence-electron chi connectivity index (χ0n) is 9.75. The van der Waals surface area contributed by atoms with Gasteiger partial charge in [-0.2, -0.15) is 0 Å². The lowest BCUT2D eigenvalue weighted by Gasteiger charge is -2.01. The van der Waals surface area contributed by atoms with Gasteiger partial charge in [-0.05, 0) is 24.3 Å². The lowest BCUT2D eigenvalue weighted by molar-refractivity contribution is 0.0694. The van der Waals surface area contributed by atoms with E-state index < -0.39 is 5.97 Å². The molecular formula is C14H10ClNO3. The van der Waals surface area contributed by atoms with Gasteiger partial charge < -0.3 is 10.2 Å². The Bertz CT molecular complexity index is 653. The van der Waals surface area contributed by atoms with E-state index in [9.17, 15) is 9.90 Å². The van der Waals surface area contributed by atoms with E-state index in [4.69, 9.17) is 16.7 Å². The van der Waals surface area contributed by atoms with Gasteiger partial charge in [0.2, 0.25) is 0 Å². The zero-order valence-corrected chi connectivity index (χ0v) is 10.5. The number of phenols is 1. The third-order valence-electron chi connectivity index (χ3n) is 2.47. The Morgan fingerprint density at radius 2 is 1.95 bits per heavy atom. The number of nitrogens with zero attached hydrogens (tertiary/aromatic N) is 1. The van der Waals surface area contributed by atoms with E-state index in [2.05, 4.69) is 4.99 Å². The maximum Gasteiger partial charge on any atom is 0.339 e. The number of hydrogen-bond donors (Lipinski definition) is 2. The number of aliphatic imine (C=N–C) groups is 1. The fourth-order valence-electron chi connectivity index (χ4n) is 1.50. The molecule has 0 aliphatic rings. The molecular weight excluding hydrogens is 266 g/mol. The van der Waals surface area contributed by atoms with Gasteiger partial charge in [-0.15, -0.1) is 0 Å². The van der Waals surface area contributed by atoms with Gasteiger partial charge >= 0.3 is 5.97 Å². The second-order valence-electron chi connectivity index (χ2n) is 3.79. The maximum atomic E-state index is 10.9. The Kier molecular flexibility index (Phi) is 3.82. The molecule has 2 aromatic carbocycles. The van der Waals surface area contributed by atoms with E-state index in [-0.39, 0.29) is 11.3 Å². The highest BCUT2D eigenvalue weighted by atomic mass is 35.5. The summed E-state index contributed by atoms with van der Waals surface area (Å²) >= 11 is 5.97. The standard InChI is InChI=1S/C14H10ClNO3/c15-12-4-2-1-3-9(12)8-16-10-5-6-13(17)11(7-10)14(18)19/h1-8,17H,(H,18,19). The summed E-state index contributed by atoms with van der Waals surface area (Å²) in [5.41, 5.74) is 0.970. The molecule has 0 unspecified atom stereocenters. The van der Waals surface area contributed by atoms with Crippen molar-refractivity contribution in [2.75, 3.05) is 0 Å². The van der Waals surface area contributed by atoms with Crippen LogP contribution in [0.2, 0.25) is 5.02 Å². The number of aromatic carboxylic acids is 1. The molecule has 0 spiro atoms. The molecule has 0 saturated carbocycles. The van der Waals surface area contributed by atoms with E-state index in [0.717, 1.165) is 5.56 Å². The van der Waals surface area contributed by atoms with Crippen molar-refractivity contribution in [2.45, 2.75) is 0 Å². The van der Waals surface area contributed by atoms with E-state index in [1.54, 1.807) is 18.3 Å². The Morgan fingerprint density at radius 3 is 2.63 bits per heavy atom. The van der Waals surface area contributed by atoms with Crippen molar-refractivity contribution in [1.29, 1.82) is 0 Å². The Labute approximate surface area is 114 Å². The fraction of sp³-hybridized carbons (Fsp3) is 0. The molecule has 0 saturated heterocycles. The molecule has 5 heteroatoms. The first-order valence-electron chi connectivity index (χ1n) is 5.43. The molecule has 0 aromatic heterocycles. The van der Waals surface area contributed by atoms with Crippen LogP contribution in [0.1, 0.15) is 15.9 Å². The minimum absolute atomic E-state index is 0.186. The maximum absolute atomic E-state index is 10.9. The average Bonchev–Trinajstić information content (AvgIpc) is 2.39. The van der Waals surface area contributed by atoms with Crippen molar-refractivity contribution in [1.82, 2.24) is 0 Å². The van der Waals surface area contributed by atoms with Crippen LogP contribution < -0.4 is 0 Å². The normalized spacial score (nSPS) is 10.8. The number of carboxylic acid groups (broad SMARTS) is 1. The summed E-state index contributed by atoms with van der Waals surface area (Å²) in [4.78, 5) is 15.0. The average molecular weight is 276 g/mol. The Balaban J connectivity index is 2.32. The number of halogens is 1. The van der Waals surface area contributed by atoms with Crippen molar-refractivity contribution in [3.63, 3.8) is 0 Å². The van der Waals surface area contributed by atoms with Crippen molar-refractivity contribution < 1.29 is 15.0 Å². The van der Waals surface area contributed by atoms with Crippen LogP contribution in [-0.4, -0.2) is 22.4 Å². The molecule has 96 valence electrons. The fourth-order valence-corrected chi connectivity index (χ4v) is 1.68. The molecule has 2 N–H and O–H groups in total. The molecule has 0 bridgehead atoms. The third-order valence-corrected chi connectivity index (χ3v) is 2.81. The molecule has 0 fully saturated rings. The topological polar surface area (TPSA) is 69.9 Å². The molecule has 0 atom stereocenters. The first-order chi connectivity index (χ1) is 9.08. The lowest BCUT2D eigenvalue weighted by atomic mass is 10.2. The molecule has 0 amide bonds. The Morgan fingerprint density at radius 1 is 1.21 bits per heavy atom. The number of aromatic hydroxyl groups is 1. The highest BCUT2D eigenvalue weighted by molar-refractivity contribution is 6.33. The number of rotatable bonds is 3. The number of carbonyl (C=O) groups is 1. The molecule has 0 heterocycles. The van der Waals surface area contributed by atoms with Crippen molar-refractivity contribution in [2.24, 2.45) is 4.99 Å². The number of hydrogen-bond acceptors (Lipinski definition) is 3. The largest absolute Gasteiger partial charge is 0.507 e. The smallest absolute Gasteiger partial charge is 0.339 e. The minimum atomic E-state index is -1.20. The van der Waals surface area contributed by atoms with Crippen LogP contribution in [0.15, 0.2) is 47.5 Å². The minimum Gasteiger partial charge on any atom is -0.507 e. The van der Waals surface area contributed by atoms with E-state index in [1.807, 2.05) is 12.1 Å².